The minimum atomic E-state index is -4.39. The Bertz CT molecular complexity index is 402. The topological polar surface area (TPSA) is 22.1 Å². The summed E-state index contributed by atoms with van der Waals surface area (Å²) in [5.41, 5.74) is -0.497. The summed E-state index contributed by atoms with van der Waals surface area (Å²) >= 11 is 3.17. The van der Waals surface area contributed by atoms with Gasteiger partial charge in [0.2, 0.25) is 0 Å². The second kappa shape index (κ2) is 4.94. The van der Waals surface area contributed by atoms with Crippen molar-refractivity contribution in [1.29, 1.82) is 0 Å². The first-order chi connectivity index (χ1) is 7.98. The standard InChI is InChI=1S/C11H11BrF3NO/c12-8-5-9(7-1-3-17-4-2-7)10(16-6-8)11(13,14)15/h5-7H,1-4H2. The minimum Gasteiger partial charge on any atom is -0.381 e. The fourth-order valence-electron chi connectivity index (χ4n) is 2.01. The molecule has 2 heterocycles. The highest BCUT2D eigenvalue weighted by Crippen LogP contribution is 2.38. The van der Waals surface area contributed by atoms with Crippen molar-refractivity contribution in [2.45, 2.75) is 24.9 Å². The summed E-state index contributed by atoms with van der Waals surface area (Å²) in [6, 6.07) is 1.52. The molecule has 0 aliphatic carbocycles. The lowest BCUT2D eigenvalue weighted by molar-refractivity contribution is -0.142. The SMILES string of the molecule is FC(F)(F)c1ncc(Br)cc1C1CCOCC1. The van der Waals surface area contributed by atoms with Crippen LogP contribution in [-0.2, 0) is 10.9 Å². The van der Waals surface area contributed by atoms with Gasteiger partial charge in [0.05, 0.1) is 0 Å². The molecule has 0 N–H and O–H groups in total. The van der Waals surface area contributed by atoms with Crippen molar-refractivity contribution in [2.24, 2.45) is 0 Å². The zero-order valence-electron chi connectivity index (χ0n) is 8.93. The lowest BCUT2D eigenvalue weighted by Crippen LogP contribution is -2.19. The van der Waals surface area contributed by atoms with E-state index >= 15 is 0 Å². The average molecular weight is 310 g/mol. The van der Waals surface area contributed by atoms with E-state index in [1.807, 2.05) is 0 Å². The summed E-state index contributed by atoms with van der Waals surface area (Å²) in [6.45, 7) is 1.02. The smallest absolute Gasteiger partial charge is 0.381 e. The number of rotatable bonds is 1. The molecule has 0 radical (unpaired) electrons. The number of hydrogen-bond acceptors (Lipinski definition) is 2. The van der Waals surface area contributed by atoms with Gasteiger partial charge in [0.15, 0.2) is 0 Å². The van der Waals surface area contributed by atoms with Crippen molar-refractivity contribution in [3.05, 3.63) is 28.0 Å². The van der Waals surface area contributed by atoms with Crippen molar-refractivity contribution in [3.8, 4) is 0 Å². The predicted octanol–water partition coefficient (Wildman–Crippen LogP) is 3.76. The molecule has 1 saturated heterocycles. The van der Waals surface area contributed by atoms with Gasteiger partial charge in [-0.3, -0.25) is 4.98 Å². The van der Waals surface area contributed by atoms with Crippen molar-refractivity contribution in [2.75, 3.05) is 13.2 Å². The zero-order valence-corrected chi connectivity index (χ0v) is 10.5. The van der Waals surface area contributed by atoms with E-state index in [4.69, 9.17) is 4.74 Å². The summed E-state index contributed by atoms with van der Waals surface area (Å²) in [4.78, 5) is 3.51. The van der Waals surface area contributed by atoms with E-state index in [0.29, 0.717) is 30.5 Å². The summed E-state index contributed by atoms with van der Waals surface area (Å²) in [5.74, 6) is -0.120. The van der Waals surface area contributed by atoms with E-state index in [-0.39, 0.29) is 11.5 Å². The number of alkyl halides is 3. The Morgan fingerprint density at radius 2 is 1.94 bits per heavy atom. The van der Waals surface area contributed by atoms with Gasteiger partial charge in [0, 0.05) is 23.9 Å². The molecule has 1 aliphatic heterocycles. The lowest BCUT2D eigenvalue weighted by atomic mass is 9.90. The van der Waals surface area contributed by atoms with Crippen LogP contribution in [0.1, 0.15) is 30.0 Å². The van der Waals surface area contributed by atoms with Crippen LogP contribution < -0.4 is 0 Å². The Hall–Kier alpha value is -0.620. The van der Waals surface area contributed by atoms with Crippen molar-refractivity contribution in [3.63, 3.8) is 0 Å². The number of hydrogen-bond donors (Lipinski definition) is 0. The van der Waals surface area contributed by atoms with E-state index in [0.717, 1.165) is 0 Å². The summed E-state index contributed by atoms with van der Waals surface area (Å²) in [7, 11) is 0. The number of aromatic nitrogens is 1. The molecule has 1 aromatic rings. The number of ether oxygens (including phenoxy) is 1. The quantitative estimate of drug-likeness (QED) is 0.788. The van der Waals surface area contributed by atoms with Gasteiger partial charge in [-0.05, 0) is 46.3 Å². The van der Waals surface area contributed by atoms with Gasteiger partial charge in [-0.15, -0.1) is 0 Å². The molecule has 6 heteroatoms. The van der Waals surface area contributed by atoms with Gasteiger partial charge in [-0.25, -0.2) is 0 Å². The molecule has 0 amide bonds. The van der Waals surface area contributed by atoms with Gasteiger partial charge in [0.25, 0.3) is 0 Å². The second-order valence-electron chi connectivity index (χ2n) is 3.98. The summed E-state index contributed by atoms with van der Waals surface area (Å²) in [5, 5.41) is 0. The number of nitrogens with zero attached hydrogens (tertiary/aromatic N) is 1. The third kappa shape index (κ3) is 2.98. The zero-order chi connectivity index (χ0) is 12.5. The van der Waals surface area contributed by atoms with E-state index in [2.05, 4.69) is 20.9 Å². The third-order valence-corrected chi connectivity index (χ3v) is 3.25. The van der Waals surface area contributed by atoms with Crippen molar-refractivity contribution >= 4 is 15.9 Å². The molecule has 1 aromatic heterocycles. The fourth-order valence-corrected chi connectivity index (χ4v) is 2.36. The first kappa shape index (κ1) is 12.8. The molecule has 0 saturated carbocycles. The van der Waals surface area contributed by atoms with Crippen LogP contribution in [0, 0.1) is 0 Å². The van der Waals surface area contributed by atoms with Gasteiger partial charge >= 0.3 is 6.18 Å². The predicted molar refractivity (Wildman–Crippen MR) is 59.7 cm³/mol. The Labute approximate surface area is 105 Å². The van der Waals surface area contributed by atoms with Gasteiger partial charge < -0.3 is 4.74 Å². The fraction of sp³-hybridized carbons (Fsp3) is 0.545. The van der Waals surface area contributed by atoms with Gasteiger partial charge in [-0.2, -0.15) is 13.2 Å². The molecule has 94 valence electrons. The van der Waals surface area contributed by atoms with Crippen LogP contribution in [-0.4, -0.2) is 18.2 Å². The van der Waals surface area contributed by atoms with Gasteiger partial charge in [0.1, 0.15) is 5.69 Å². The summed E-state index contributed by atoms with van der Waals surface area (Å²) in [6.07, 6.45) is -1.98. The Balaban J connectivity index is 2.39. The van der Waals surface area contributed by atoms with Crippen LogP contribution in [0.4, 0.5) is 13.2 Å². The van der Waals surface area contributed by atoms with E-state index in [9.17, 15) is 13.2 Å². The highest BCUT2D eigenvalue weighted by atomic mass is 79.9. The lowest BCUT2D eigenvalue weighted by Gasteiger charge is -2.24. The first-order valence-electron chi connectivity index (χ1n) is 5.29. The largest absolute Gasteiger partial charge is 0.433 e. The molecule has 1 aliphatic rings. The Kier molecular flexibility index (Phi) is 3.73. The maximum absolute atomic E-state index is 12.8. The molecular formula is C11H11BrF3NO. The number of pyridine rings is 1. The maximum atomic E-state index is 12.8. The second-order valence-corrected chi connectivity index (χ2v) is 4.89. The Morgan fingerprint density at radius 3 is 2.53 bits per heavy atom. The van der Waals surface area contributed by atoms with E-state index in [1.165, 1.54) is 12.3 Å². The third-order valence-electron chi connectivity index (χ3n) is 2.81. The highest BCUT2D eigenvalue weighted by molar-refractivity contribution is 9.10. The Morgan fingerprint density at radius 1 is 1.29 bits per heavy atom. The molecule has 1 fully saturated rings. The molecule has 0 spiro atoms. The molecule has 17 heavy (non-hydrogen) atoms. The first-order valence-corrected chi connectivity index (χ1v) is 6.08. The van der Waals surface area contributed by atoms with Crippen molar-refractivity contribution < 1.29 is 17.9 Å². The van der Waals surface area contributed by atoms with Crippen LogP contribution >= 0.6 is 15.9 Å². The number of halogens is 4. The molecular weight excluding hydrogens is 299 g/mol. The maximum Gasteiger partial charge on any atom is 0.433 e. The van der Waals surface area contributed by atoms with Crippen LogP contribution in [0.5, 0.6) is 0 Å². The highest BCUT2D eigenvalue weighted by Gasteiger charge is 2.37. The van der Waals surface area contributed by atoms with Crippen molar-refractivity contribution in [1.82, 2.24) is 4.98 Å². The average Bonchev–Trinajstić information content (AvgIpc) is 2.28. The van der Waals surface area contributed by atoms with Crippen LogP contribution in [0.15, 0.2) is 16.7 Å². The molecule has 0 aromatic carbocycles. The minimum absolute atomic E-state index is 0.120. The van der Waals surface area contributed by atoms with Crippen LogP contribution in [0.25, 0.3) is 0 Å². The summed E-state index contributed by atoms with van der Waals surface area (Å²) < 4.78 is 44.2. The molecule has 2 rings (SSSR count). The van der Waals surface area contributed by atoms with E-state index < -0.39 is 11.9 Å². The monoisotopic (exact) mass is 309 g/mol. The van der Waals surface area contributed by atoms with Crippen LogP contribution in [0.3, 0.4) is 0 Å². The molecule has 2 nitrogen and oxygen atoms in total. The van der Waals surface area contributed by atoms with Gasteiger partial charge in [-0.1, -0.05) is 0 Å². The molecule has 0 unspecified atom stereocenters. The normalized spacial score (nSPS) is 18.4. The van der Waals surface area contributed by atoms with E-state index in [1.54, 1.807) is 0 Å². The molecule has 0 atom stereocenters. The molecule has 0 bridgehead atoms. The van der Waals surface area contributed by atoms with Crippen LogP contribution in [0.2, 0.25) is 0 Å².